The summed E-state index contributed by atoms with van der Waals surface area (Å²) in [6.45, 7) is 1.30. The van der Waals surface area contributed by atoms with E-state index in [9.17, 15) is 9.59 Å². The van der Waals surface area contributed by atoms with Crippen LogP contribution in [0.3, 0.4) is 0 Å². The van der Waals surface area contributed by atoms with Crippen LogP contribution in [0.5, 0.6) is 5.75 Å². The van der Waals surface area contributed by atoms with Gasteiger partial charge in [0.1, 0.15) is 11.4 Å². The van der Waals surface area contributed by atoms with Crippen molar-refractivity contribution in [3.63, 3.8) is 0 Å². The lowest BCUT2D eigenvalue weighted by molar-refractivity contribution is -0.134. The predicted molar refractivity (Wildman–Crippen MR) is 118 cm³/mol. The van der Waals surface area contributed by atoms with Crippen LogP contribution < -0.4 is 10.1 Å². The Kier molecular flexibility index (Phi) is 7.57. The van der Waals surface area contributed by atoms with Crippen molar-refractivity contribution in [1.82, 2.24) is 30.3 Å². The van der Waals surface area contributed by atoms with Crippen molar-refractivity contribution in [3.8, 4) is 17.3 Å². The number of carbonyl (C=O) groups is 2. The lowest BCUT2D eigenvalue weighted by atomic mass is 9.99. The lowest BCUT2D eigenvalue weighted by Gasteiger charge is -2.22. The highest BCUT2D eigenvalue weighted by Gasteiger charge is 2.23. The van der Waals surface area contributed by atoms with Gasteiger partial charge in [-0.15, -0.1) is 0 Å². The molecule has 0 radical (unpaired) electrons. The maximum absolute atomic E-state index is 12.8. The average molecular weight is 450 g/mol. The van der Waals surface area contributed by atoms with Crippen molar-refractivity contribution >= 4 is 11.8 Å². The normalized spacial score (nSPS) is 17.6. The van der Waals surface area contributed by atoms with Gasteiger partial charge in [-0.2, -0.15) is 4.98 Å². The molecule has 0 spiro atoms. The van der Waals surface area contributed by atoms with Gasteiger partial charge in [0.25, 0.3) is 5.91 Å². The van der Waals surface area contributed by atoms with Gasteiger partial charge in [-0.05, 0) is 31.4 Å². The minimum atomic E-state index is -0.148. The number of rotatable bonds is 5. The highest BCUT2D eigenvalue weighted by Crippen LogP contribution is 2.25. The molecular weight excluding hydrogens is 424 g/mol. The van der Waals surface area contributed by atoms with Crippen LogP contribution >= 0.6 is 0 Å². The number of ether oxygens (including phenoxy) is 1. The number of benzene rings is 1. The van der Waals surface area contributed by atoms with Crippen molar-refractivity contribution in [2.75, 3.05) is 26.2 Å². The molecule has 1 unspecified atom stereocenters. The van der Waals surface area contributed by atoms with Gasteiger partial charge in [0.15, 0.2) is 6.61 Å². The molecule has 4 rings (SSSR count). The Labute approximate surface area is 191 Å². The van der Waals surface area contributed by atoms with Crippen LogP contribution in [-0.4, -0.2) is 63.1 Å². The van der Waals surface area contributed by atoms with Crippen LogP contribution in [0.2, 0.25) is 0 Å². The van der Waals surface area contributed by atoms with Gasteiger partial charge in [0.2, 0.25) is 17.6 Å². The molecule has 1 atom stereocenters. The largest absolute Gasteiger partial charge is 0.484 e. The first-order valence-electron chi connectivity index (χ1n) is 11.0. The van der Waals surface area contributed by atoms with Crippen LogP contribution in [0.15, 0.2) is 53.4 Å². The maximum Gasteiger partial charge on any atom is 0.260 e. The first-order valence-corrected chi connectivity index (χ1v) is 11.0. The fourth-order valence-corrected chi connectivity index (χ4v) is 3.66. The molecule has 33 heavy (non-hydrogen) atoms. The third-order valence-electron chi connectivity index (χ3n) is 5.45. The topological polar surface area (TPSA) is 123 Å². The van der Waals surface area contributed by atoms with Gasteiger partial charge in [0.05, 0.1) is 6.20 Å². The highest BCUT2D eigenvalue weighted by molar-refractivity contribution is 5.80. The molecule has 1 aliphatic rings. The Balaban J connectivity index is 1.39. The second-order valence-corrected chi connectivity index (χ2v) is 7.76. The zero-order chi connectivity index (χ0) is 22.9. The number of hydrogen-bond acceptors (Lipinski definition) is 8. The number of amides is 2. The number of carbonyl (C=O) groups excluding carboxylic acids is 2. The molecular formula is C23H26N6O4. The summed E-state index contributed by atoms with van der Waals surface area (Å²) < 4.78 is 11.1. The molecule has 0 bridgehead atoms. The standard InChI is InChI=1S/C23H26N6O4/c30-20-9-14-29(21(31)16-32-18-6-2-1-3-7-18)13-4-5-17(8-10-26-20)23-27-22(28-33-23)19-15-24-11-12-25-19/h1-3,6-7,11-12,15,17H,4-5,8-10,13-14,16H2,(H,26,30). The van der Waals surface area contributed by atoms with E-state index >= 15 is 0 Å². The molecule has 3 heterocycles. The van der Waals surface area contributed by atoms with Crippen LogP contribution in [0.1, 0.15) is 37.5 Å². The van der Waals surface area contributed by atoms with E-state index in [1.54, 1.807) is 35.6 Å². The SMILES string of the molecule is O=C1CCN(C(=O)COc2ccccc2)CCCC(c2nc(-c3cnccn3)no2)CCN1. The zero-order valence-corrected chi connectivity index (χ0v) is 18.2. The van der Waals surface area contributed by atoms with E-state index in [0.717, 1.165) is 12.8 Å². The molecule has 1 fully saturated rings. The molecule has 172 valence electrons. The Morgan fingerprint density at radius 3 is 2.88 bits per heavy atom. The quantitative estimate of drug-likeness (QED) is 0.628. The van der Waals surface area contributed by atoms with E-state index < -0.39 is 0 Å². The summed E-state index contributed by atoms with van der Waals surface area (Å²) in [5.41, 5.74) is 0.535. The van der Waals surface area contributed by atoms with E-state index in [4.69, 9.17) is 9.26 Å². The van der Waals surface area contributed by atoms with Crippen molar-refractivity contribution < 1.29 is 18.8 Å². The van der Waals surface area contributed by atoms with E-state index in [1.165, 1.54) is 0 Å². The molecule has 1 aliphatic heterocycles. The Morgan fingerprint density at radius 1 is 1.18 bits per heavy atom. The third kappa shape index (κ3) is 6.34. The lowest BCUT2D eigenvalue weighted by Crippen LogP contribution is -2.38. The molecule has 10 heteroatoms. The van der Waals surface area contributed by atoms with Crippen molar-refractivity contribution in [1.29, 1.82) is 0 Å². The van der Waals surface area contributed by atoms with Gasteiger partial charge in [-0.25, -0.2) is 4.98 Å². The number of aromatic nitrogens is 4. The van der Waals surface area contributed by atoms with E-state index in [1.807, 2.05) is 18.2 Å². The van der Waals surface area contributed by atoms with Crippen LogP contribution in [0.4, 0.5) is 0 Å². The van der Waals surface area contributed by atoms with Crippen LogP contribution in [0.25, 0.3) is 11.5 Å². The molecule has 3 aromatic rings. The number of para-hydroxylation sites is 1. The van der Waals surface area contributed by atoms with Crippen LogP contribution in [0, 0.1) is 0 Å². The number of hydrogen-bond donors (Lipinski definition) is 1. The average Bonchev–Trinajstić information content (AvgIpc) is 3.33. The van der Waals surface area contributed by atoms with E-state index in [0.29, 0.717) is 49.2 Å². The summed E-state index contributed by atoms with van der Waals surface area (Å²) in [5, 5.41) is 6.95. The molecule has 2 amide bonds. The minimum absolute atomic E-state index is 0.0427. The summed E-state index contributed by atoms with van der Waals surface area (Å²) in [5.74, 6) is 1.23. The van der Waals surface area contributed by atoms with Crippen molar-refractivity contribution in [2.24, 2.45) is 0 Å². The first kappa shape index (κ1) is 22.4. The van der Waals surface area contributed by atoms with Crippen molar-refractivity contribution in [2.45, 2.75) is 31.6 Å². The van der Waals surface area contributed by atoms with Gasteiger partial charge < -0.3 is 19.5 Å². The molecule has 1 saturated heterocycles. The monoisotopic (exact) mass is 450 g/mol. The number of nitrogens with one attached hydrogen (secondary N) is 1. The summed E-state index contributed by atoms with van der Waals surface area (Å²) in [6.07, 6.45) is 7.11. The fraction of sp³-hybridized carbons (Fsp3) is 0.391. The summed E-state index contributed by atoms with van der Waals surface area (Å²) in [7, 11) is 0. The second-order valence-electron chi connectivity index (χ2n) is 7.76. The van der Waals surface area contributed by atoms with Gasteiger partial charge in [-0.3, -0.25) is 14.6 Å². The van der Waals surface area contributed by atoms with Gasteiger partial charge in [-0.1, -0.05) is 23.4 Å². The summed E-state index contributed by atoms with van der Waals surface area (Å²) >= 11 is 0. The Bertz CT molecular complexity index is 1040. The fourth-order valence-electron chi connectivity index (χ4n) is 3.66. The zero-order valence-electron chi connectivity index (χ0n) is 18.2. The highest BCUT2D eigenvalue weighted by atomic mass is 16.5. The van der Waals surface area contributed by atoms with Gasteiger partial charge >= 0.3 is 0 Å². The molecule has 2 aromatic heterocycles. The molecule has 1 aromatic carbocycles. The number of nitrogens with zero attached hydrogens (tertiary/aromatic N) is 5. The minimum Gasteiger partial charge on any atom is -0.484 e. The molecule has 0 saturated carbocycles. The Hall–Kier alpha value is -3.82. The molecule has 1 N–H and O–H groups in total. The predicted octanol–water partition coefficient (Wildman–Crippen LogP) is 2.21. The molecule has 10 nitrogen and oxygen atoms in total. The smallest absolute Gasteiger partial charge is 0.260 e. The maximum atomic E-state index is 12.8. The van der Waals surface area contributed by atoms with Gasteiger partial charge in [0, 0.05) is 44.4 Å². The van der Waals surface area contributed by atoms with E-state index in [-0.39, 0.29) is 30.8 Å². The van der Waals surface area contributed by atoms with E-state index in [2.05, 4.69) is 25.4 Å². The summed E-state index contributed by atoms with van der Waals surface area (Å²) in [4.78, 5) is 39.4. The Morgan fingerprint density at radius 2 is 2.06 bits per heavy atom. The second kappa shape index (κ2) is 11.2. The van der Waals surface area contributed by atoms with Crippen molar-refractivity contribution in [3.05, 3.63) is 54.8 Å². The first-order chi connectivity index (χ1) is 16.2. The third-order valence-corrected chi connectivity index (χ3v) is 5.45. The molecule has 0 aliphatic carbocycles. The summed E-state index contributed by atoms with van der Waals surface area (Å²) in [6, 6.07) is 9.20. The van der Waals surface area contributed by atoms with Crippen LogP contribution in [-0.2, 0) is 9.59 Å².